The molecule has 0 aliphatic carbocycles. The Balaban J connectivity index is 1.83. The summed E-state index contributed by atoms with van der Waals surface area (Å²) in [5, 5.41) is 3.36. The van der Waals surface area contributed by atoms with E-state index in [9.17, 15) is 8.42 Å². The summed E-state index contributed by atoms with van der Waals surface area (Å²) in [5.41, 5.74) is 1.90. The van der Waals surface area contributed by atoms with E-state index in [1.807, 2.05) is 62.4 Å². The maximum Gasteiger partial charge on any atom is 0.242 e. The van der Waals surface area contributed by atoms with Crippen LogP contribution in [0.3, 0.4) is 0 Å². The van der Waals surface area contributed by atoms with Gasteiger partial charge in [0.15, 0.2) is 0 Å². The molecule has 2 N–H and O–H groups in total. The minimum Gasteiger partial charge on any atom is -0.358 e. The van der Waals surface area contributed by atoms with Crippen molar-refractivity contribution in [2.24, 2.45) is 0 Å². The van der Waals surface area contributed by atoms with Gasteiger partial charge in [-0.05, 0) is 42.7 Å². The van der Waals surface area contributed by atoms with Crippen molar-refractivity contribution in [1.82, 2.24) is 14.7 Å². The largest absolute Gasteiger partial charge is 0.358 e. The van der Waals surface area contributed by atoms with Crippen LogP contribution in [0.2, 0.25) is 0 Å². The molecule has 1 atom stereocenters. The standard InChI is InChI=1S/C22H26N4O2S/c1-3-18(4-2)26-29(27,28)19-13-14-21(24-16-19)25-22(17-10-6-5-7-11-17)20-12-8-9-15-23-20/h5-16,18,22,26H,3-4H2,1-2H3,(H,24,25). The third kappa shape index (κ3) is 5.40. The van der Waals surface area contributed by atoms with E-state index < -0.39 is 10.0 Å². The zero-order valence-corrected chi connectivity index (χ0v) is 17.4. The summed E-state index contributed by atoms with van der Waals surface area (Å²) >= 11 is 0. The Morgan fingerprint density at radius 3 is 2.21 bits per heavy atom. The summed E-state index contributed by atoms with van der Waals surface area (Å²) < 4.78 is 27.8. The van der Waals surface area contributed by atoms with Gasteiger partial charge in [0.25, 0.3) is 0 Å². The monoisotopic (exact) mass is 410 g/mol. The normalized spacial score (nSPS) is 12.7. The molecule has 152 valence electrons. The first-order valence-corrected chi connectivity index (χ1v) is 11.2. The molecule has 0 saturated carbocycles. The van der Waals surface area contributed by atoms with Gasteiger partial charge in [-0.25, -0.2) is 18.1 Å². The van der Waals surface area contributed by atoms with Gasteiger partial charge < -0.3 is 5.32 Å². The van der Waals surface area contributed by atoms with Crippen LogP contribution < -0.4 is 10.0 Å². The topological polar surface area (TPSA) is 84.0 Å². The van der Waals surface area contributed by atoms with Crippen LogP contribution in [0.1, 0.15) is 44.0 Å². The van der Waals surface area contributed by atoms with Gasteiger partial charge in [0, 0.05) is 18.4 Å². The van der Waals surface area contributed by atoms with Gasteiger partial charge in [-0.2, -0.15) is 0 Å². The van der Waals surface area contributed by atoms with Gasteiger partial charge in [-0.1, -0.05) is 50.2 Å². The van der Waals surface area contributed by atoms with Gasteiger partial charge in [-0.15, -0.1) is 0 Å². The molecule has 29 heavy (non-hydrogen) atoms. The lowest BCUT2D eigenvalue weighted by Crippen LogP contribution is -2.33. The number of hydrogen-bond donors (Lipinski definition) is 2. The second-order valence-corrected chi connectivity index (χ2v) is 8.47. The van der Waals surface area contributed by atoms with Crippen LogP contribution in [0.4, 0.5) is 5.82 Å². The minimum atomic E-state index is -3.59. The molecule has 3 aromatic rings. The number of aromatic nitrogens is 2. The second-order valence-electron chi connectivity index (χ2n) is 6.76. The molecule has 6 nitrogen and oxygen atoms in total. The van der Waals surface area contributed by atoms with Crippen LogP contribution in [0.15, 0.2) is 78.0 Å². The first-order valence-electron chi connectivity index (χ1n) is 9.74. The lowest BCUT2D eigenvalue weighted by molar-refractivity contribution is 0.530. The smallest absolute Gasteiger partial charge is 0.242 e. The number of sulfonamides is 1. The quantitative estimate of drug-likeness (QED) is 0.554. The lowest BCUT2D eigenvalue weighted by Gasteiger charge is -2.20. The van der Waals surface area contributed by atoms with E-state index in [4.69, 9.17) is 0 Å². The summed E-state index contributed by atoms with van der Waals surface area (Å²) in [6, 6.07) is 18.7. The third-order valence-corrected chi connectivity index (χ3v) is 6.27. The zero-order valence-electron chi connectivity index (χ0n) is 16.6. The number of nitrogens with one attached hydrogen (secondary N) is 2. The highest BCUT2D eigenvalue weighted by Gasteiger charge is 2.20. The zero-order chi connectivity index (χ0) is 20.7. The van der Waals surface area contributed by atoms with Crippen LogP contribution in [-0.2, 0) is 10.0 Å². The fraction of sp³-hybridized carbons (Fsp3) is 0.273. The van der Waals surface area contributed by atoms with Gasteiger partial charge in [0.2, 0.25) is 10.0 Å². The molecule has 3 rings (SSSR count). The van der Waals surface area contributed by atoms with Crippen molar-refractivity contribution in [2.75, 3.05) is 5.32 Å². The second kappa shape index (κ2) is 9.62. The van der Waals surface area contributed by atoms with Crippen LogP contribution in [-0.4, -0.2) is 24.4 Å². The SMILES string of the molecule is CCC(CC)NS(=O)(=O)c1ccc(NC(c2ccccc2)c2ccccn2)nc1. The molecule has 0 amide bonds. The average molecular weight is 411 g/mol. The Labute approximate surface area is 172 Å². The van der Waals surface area contributed by atoms with Crippen molar-refractivity contribution >= 4 is 15.8 Å². The molecule has 0 fully saturated rings. The summed E-state index contributed by atoms with van der Waals surface area (Å²) in [5.74, 6) is 0.575. The molecular formula is C22H26N4O2S. The Morgan fingerprint density at radius 1 is 0.897 bits per heavy atom. The van der Waals surface area contributed by atoms with Crippen molar-refractivity contribution < 1.29 is 8.42 Å². The van der Waals surface area contributed by atoms with Gasteiger partial charge in [-0.3, -0.25) is 4.98 Å². The molecule has 0 spiro atoms. The molecule has 0 radical (unpaired) electrons. The van der Waals surface area contributed by atoms with Crippen LogP contribution >= 0.6 is 0 Å². The van der Waals surface area contributed by atoms with Gasteiger partial charge in [0.1, 0.15) is 10.7 Å². The molecule has 2 heterocycles. The molecule has 1 unspecified atom stereocenters. The van der Waals surface area contributed by atoms with E-state index in [-0.39, 0.29) is 17.0 Å². The fourth-order valence-corrected chi connectivity index (χ4v) is 4.38. The van der Waals surface area contributed by atoms with E-state index in [1.54, 1.807) is 18.3 Å². The molecular weight excluding hydrogens is 384 g/mol. The Morgan fingerprint density at radius 2 is 1.62 bits per heavy atom. The number of hydrogen-bond acceptors (Lipinski definition) is 5. The number of rotatable bonds is 9. The number of pyridine rings is 2. The van der Waals surface area contributed by atoms with Crippen LogP contribution in [0, 0.1) is 0 Å². The van der Waals surface area contributed by atoms with Gasteiger partial charge in [0.05, 0.1) is 11.7 Å². The van der Waals surface area contributed by atoms with E-state index in [1.165, 1.54) is 6.20 Å². The Kier molecular flexibility index (Phi) is 6.95. The molecule has 0 aliphatic rings. The molecule has 7 heteroatoms. The van der Waals surface area contributed by atoms with E-state index in [2.05, 4.69) is 20.0 Å². The number of anilines is 1. The molecule has 1 aromatic carbocycles. The number of benzene rings is 1. The predicted molar refractivity (Wildman–Crippen MR) is 115 cm³/mol. The third-order valence-electron chi connectivity index (χ3n) is 4.76. The van der Waals surface area contributed by atoms with Crippen molar-refractivity contribution in [2.45, 2.75) is 43.7 Å². The summed E-state index contributed by atoms with van der Waals surface area (Å²) in [7, 11) is -3.59. The van der Waals surface area contributed by atoms with E-state index >= 15 is 0 Å². The minimum absolute atomic E-state index is 0.0792. The molecule has 0 aliphatic heterocycles. The summed E-state index contributed by atoms with van der Waals surface area (Å²) in [6.45, 7) is 3.92. The van der Waals surface area contributed by atoms with Gasteiger partial charge >= 0.3 is 0 Å². The van der Waals surface area contributed by atoms with Crippen molar-refractivity contribution in [1.29, 1.82) is 0 Å². The first-order chi connectivity index (χ1) is 14.0. The summed E-state index contributed by atoms with van der Waals surface area (Å²) in [6.07, 6.45) is 4.62. The molecule has 2 aromatic heterocycles. The highest BCUT2D eigenvalue weighted by molar-refractivity contribution is 7.89. The average Bonchev–Trinajstić information content (AvgIpc) is 2.77. The van der Waals surface area contributed by atoms with E-state index in [0.717, 1.165) is 24.1 Å². The molecule has 0 bridgehead atoms. The predicted octanol–water partition coefficient (Wildman–Crippen LogP) is 4.15. The molecule has 0 saturated heterocycles. The van der Waals surface area contributed by atoms with E-state index in [0.29, 0.717) is 5.82 Å². The first kappa shape index (κ1) is 21.0. The Bertz CT molecular complexity index is 951. The highest BCUT2D eigenvalue weighted by atomic mass is 32.2. The van der Waals surface area contributed by atoms with Crippen molar-refractivity contribution in [3.8, 4) is 0 Å². The fourth-order valence-electron chi connectivity index (χ4n) is 3.04. The summed E-state index contributed by atoms with van der Waals surface area (Å²) in [4.78, 5) is 8.96. The Hall–Kier alpha value is -2.77. The van der Waals surface area contributed by atoms with Crippen LogP contribution in [0.5, 0.6) is 0 Å². The maximum absolute atomic E-state index is 12.6. The van der Waals surface area contributed by atoms with Crippen molar-refractivity contribution in [3.63, 3.8) is 0 Å². The lowest BCUT2D eigenvalue weighted by atomic mass is 10.0. The van der Waals surface area contributed by atoms with Crippen molar-refractivity contribution in [3.05, 3.63) is 84.3 Å². The number of nitrogens with zero attached hydrogens (tertiary/aromatic N) is 2. The maximum atomic E-state index is 12.6. The highest BCUT2D eigenvalue weighted by Crippen LogP contribution is 2.24. The van der Waals surface area contributed by atoms with Crippen LogP contribution in [0.25, 0.3) is 0 Å².